The van der Waals surface area contributed by atoms with E-state index in [1.54, 1.807) is 24.4 Å². The van der Waals surface area contributed by atoms with Gasteiger partial charge in [0.1, 0.15) is 11.0 Å². The highest BCUT2D eigenvalue weighted by Crippen LogP contribution is 2.41. The molecular weight excluding hydrogens is 439 g/mol. The smallest absolute Gasteiger partial charge is 0.263 e. The number of halogens is 2. The Balaban J connectivity index is 1.39. The van der Waals surface area contributed by atoms with E-state index in [2.05, 4.69) is 25.2 Å². The monoisotopic (exact) mass is 462 g/mol. The van der Waals surface area contributed by atoms with Crippen LogP contribution >= 0.6 is 23.2 Å². The summed E-state index contributed by atoms with van der Waals surface area (Å²) in [5, 5.41) is 4.44. The van der Waals surface area contributed by atoms with Crippen LogP contribution in [0.25, 0.3) is 11.0 Å². The number of ether oxygens (including phenoxy) is 1. The van der Waals surface area contributed by atoms with Crippen molar-refractivity contribution in [3.8, 4) is 0 Å². The minimum Gasteiger partial charge on any atom is -0.376 e. The number of anilines is 3. The van der Waals surface area contributed by atoms with Crippen LogP contribution < -0.4 is 21.5 Å². The van der Waals surface area contributed by atoms with Crippen LogP contribution in [0.5, 0.6) is 0 Å². The van der Waals surface area contributed by atoms with Gasteiger partial charge in [0.15, 0.2) is 0 Å². The fourth-order valence-electron chi connectivity index (χ4n) is 4.66. The zero-order chi connectivity index (χ0) is 21.8. The normalized spacial score (nSPS) is 23.0. The van der Waals surface area contributed by atoms with Gasteiger partial charge in [0, 0.05) is 30.7 Å². The second-order valence-electron chi connectivity index (χ2n) is 8.43. The van der Waals surface area contributed by atoms with Crippen LogP contribution in [-0.4, -0.2) is 46.8 Å². The third kappa shape index (κ3) is 3.47. The molecule has 10 heteroatoms. The highest BCUT2D eigenvalue weighted by atomic mass is 35.5. The molecule has 0 saturated carbocycles. The van der Waals surface area contributed by atoms with Crippen LogP contribution in [0.1, 0.15) is 19.8 Å². The Labute approximate surface area is 189 Å². The molecule has 0 amide bonds. The SMILES string of the molecule is C[C@@H]1OCC2(CCN(c3nc4[nH]cc(Nc5cccc(Cl)c5Cl)c4c(=O)[nH]3)CC2)[C@@H]1N. The first-order valence-electron chi connectivity index (χ1n) is 10.3. The molecule has 1 aromatic carbocycles. The van der Waals surface area contributed by atoms with Gasteiger partial charge in [-0.25, -0.2) is 0 Å². The predicted octanol–water partition coefficient (Wildman–Crippen LogP) is 3.63. The molecule has 2 atom stereocenters. The molecule has 2 fully saturated rings. The van der Waals surface area contributed by atoms with Crippen molar-refractivity contribution in [3.63, 3.8) is 0 Å². The zero-order valence-corrected chi connectivity index (χ0v) is 18.6. The maximum absolute atomic E-state index is 12.9. The van der Waals surface area contributed by atoms with Gasteiger partial charge in [-0.2, -0.15) is 4.98 Å². The fourth-order valence-corrected chi connectivity index (χ4v) is 5.01. The molecule has 164 valence electrons. The van der Waals surface area contributed by atoms with Gasteiger partial charge in [-0.15, -0.1) is 0 Å². The number of aromatic nitrogens is 3. The van der Waals surface area contributed by atoms with Gasteiger partial charge in [0.05, 0.1) is 34.1 Å². The van der Waals surface area contributed by atoms with Crippen molar-refractivity contribution in [2.45, 2.75) is 31.9 Å². The van der Waals surface area contributed by atoms with Crippen molar-refractivity contribution < 1.29 is 4.74 Å². The van der Waals surface area contributed by atoms with Crippen LogP contribution in [-0.2, 0) is 4.74 Å². The maximum Gasteiger partial charge on any atom is 0.263 e. The first-order chi connectivity index (χ1) is 14.9. The van der Waals surface area contributed by atoms with E-state index in [1.165, 1.54) is 0 Å². The number of nitrogens with zero attached hydrogens (tertiary/aromatic N) is 2. The summed E-state index contributed by atoms with van der Waals surface area (Å²) in [6.45, 7) is 4.26. The van der Waals surface area contributed by atoms with E-state index in [4.69, 9.17) is 33.7 Å². The Hall–Kier alpha value is -2.26. The highest BCUT2D eigenvalue weighted by molar-refractivity contribution is 6.43. The number of fused-ring (bicyclic) bond motifs is 1. The third-order valence-electron chi connectivity index (χ3n) is 6.66. The molecule has 4 heterocycles. The van der Waals surface area contributed by atoms with Crippen molar-refractivity contribution in [3.05, 3.63) is 44.8 Å². The number of nitrogens with two attached hydrogens (primary N) is 1. The summed E-state index contributed by atoms with van der Waals surface area (Å²) in [5.41, 5.74) is 7.91. The van der Waals surface area contributed by atoms with Gasteiger partial charge >= 0.3 is 0 Å². The Morgan fingerprint density at radius 3 is 2.77 bits per heavy atom. The maximum atomic E-state index is 12.9. The first kappa shape index (κ1) is 20.6. The summed E-state index contributed by atoms with van der Waals surface area (Å²) >= 11 is 12.4. The Kier molecular flexibility index (Phi) is 5.13. The van der Waals surface area contributed by atoms with Crippen molar-refractivity contribution in [1.82, 2.24) is 15.0 Å². The molecule has 5 rings (SSSR count). The summed E-state index contributed by atoms with van der Waals surface area (Å²) in [7, 11) is 0. The summed E-state index contributed by atoms with van der Waals surface area (Å²) in [6, 6.07) is 5.33. The Morgan fingerprint density at radius 1 is 1.29 bits per heavy atom. The average molecular weight is 463 g/mol. The number of rotatable bonds is 3. The number of aromatic amines is 2. The average Bonchev–Trinajstić information content (AvgIpc) is 3.29. The molecule has 3 aromatic rings. The number of piperidine rings is 1. The van der Waals surface area contributed by atoms with E-state index in [-0.39, 0.29) is 23.1 Å². The molecule has 0 aliphatic carbocycles. The van der Waals surface area contributed by atoms with E-state index in [0.29, 0.717) is 45.0 Å². The molecular formula is C21H24Cl2N6O2. The second kappa shape index (κ2) is 7.70. The van der Waals surface area contributed by atoms with E-state index in [0.717, 1.165) is 25.9 Å². The van der Waals surface area contributed by atoms with Crippen molar-refractivity contribution in [1.29, 1.82) is 0 Å². The minimum absolute atomic E-state index is 0.0139. The molecule has 2 aliphatic heterocycles. The number of hydrogen-bond donors (Lipinski definition) is 4. The second-order valence-corrected chi connectivity index (χ2v) is 9.22. The van der Waals surface area contributed by atoms with Crippen LogP contribution in [0.2, 0.25) is 10.0 Å². The van der Waals surface area contributed by atoms with Crippen LogP contribution in [0.15, 0.2) is 29.2 Å². The van der Waals surface area contributed by atoms with Crippen LogP contribution in [0, 0.1) is 5.41 Å². The molecule has 1 spiro atoms. The fraction of sp³-hybridized carbons (Fsp3) is 0.429. The van der Waals surface area contributed by atoms with Gasteiger partial charge < -0.3 is 25.7 Å². The predicted molar refractivity (Wildman–Crippen MR) is 124 cm³/mol. The molecule has 2 aromatic heterocycles. The molecule has 0 unspecified atom stereocenters. The Morgan fingerprint density at radius 2 is 2.06 bits per heavy atom. The summed E-state index contributed by atoms with van der Waals surface area (Å²) in [6.07, 6.45) is 3.60. The Bertz CT molecular complexity index is 1180. The summed E-state index contributed by atoms with van der Waals surface area (Å²) in [4.78, 5) is 25.7. The summed E-state index contributed by atoms with van der Waals surface area (Å²) < 4.78 is 5.80. The van der Waals surface area contributed by atoms with Gasteiger partial charge in [-0.1, -0.05) is 29.3 Å². The molecule has 2 saturated heterocycles. The zero-order valence-electron chi connectivity index (χ0n) is 17.0. The van der Waals surface area contributed by atoms with Crippen molar-refractivity contribution in [2.24, 2.45) is 11.1 Å². The summed E-state index contributed by atoms with van der Waals surface area (Å²) in [5.74, 6) is 0.557. The molecule has 0 radical (unpaired) electrons. The standard InChI is InChI=1S/C21H24Cl2N6O2/c1-11-17(24)21(10-31-11)5-7-29(8-6-21)20-27-18-15(19(30)28-20)14(9-25-18)26-13-4-2-3-12(22)16(13)23/h2-4,9,11,17,26H,5-8,10,24H2,1H3,(H2,25,27,28,30)/t11-,17+/m0/s1. The quantitative estimate of drug-likeness (QED) is 0.472. The van der Waals surface area contributed by atoms with E-state index in [9.17, 15) is 4.79 Å². The van der Waals surface area contributed by atoms with Gasteiger partial charge in [0.25, 0.3) is 5.56 Å². The lowest BCUT2D eigenvalue weighted by Gasteiger charge is -2.41. The molecule has 0 bridgehead atoms. The lowest BCUT2D eigenvalue weighted by atomic mass is 9.73. The minimum atomic E-state index is -0.225. The van der Waals surface area contributed by atoms with Gasteiger partial charge in [-0.05, 0) is 31.9 Å². The van der Waals surface area contributed by atoms with E-state index >= 15 is 0 Å². The third-order valence-corrected chi connectivity index (χ3v) is 7.47. The van der Waals surface area contributed by atoms with E-state index in [1.807, 2.05) is 6.92 Å². The highest BCUT2D eigenvalue weighted by Gasteiger charge is 2.47. The van der Waals surface area contributed by atoms with Gasteiger partial charge in [-0.3, -0.25) is 9.78 Å². The topological polar surface area (TPSA) is 112 Å². The lowest BCUT2D eigenvalue weighted by molar-refractivity contribution is 0.0973. The largest absolute Gasteiger partial charge is 0.376 e. The van der Waals surface area contributed by atoms with E-state index < -0.39 is 0 Å². The number of benzene rings is 1. The number of H-pyrrole nitrogens is 2. The number of hydrogen-bond acceptors (Lipinski definition) is 6. The molecule has 8 nitrogen and oxygen atoms in total. The molecule has 5 N–H and O–H groups in total. The van der Waals surface area contributed by atoms with Crippen LogP contribution in [0.3, 0.4) is 0 Å². The first-order valence-corrected chi connectivity index (χ1v) is 11.1. The van der Waals surface area contributed by atoms with Crippen molar-refractivity contribution >= 4 is 51.6 Å². The van der Waals surface area contributed by atoms with Crippen molar-refractivity contribution in [2.75, 3.05) is 29.9 Å². The van der Waals surface area contributed by atoms with Crippen LogP contribution in [0.4, 0.5) is 17.3 Å². The lowest BCUT2D eigenvalue weighted by Crippen LogP contribution is -2.51. The van der Waals surface area contributed by atoms with Gasteiger partial charge in [0.2, 0.25) is 5.95 Å². The molecule has 31 heavy (non-hydrogen) atoms. The number of nitrogens with one attached hydrogen (secondary N) is 3. The molecule has 2 aliphatic rings.